The van der Waals surface area contributed by atoms with Gasteiger partial charge in [-0.2, -0.15) is 10.4 Å². The highest BCUT2D eigenvalue weighted by atomic mass is 15.3. The van der Waals surface area contributed by atoms with E-state index in [9.17, 15) is 0 Å². The van der Waals surface area contributed by atoms with Gasteiger partial charge in [-0.3, -0.25) is 9.58 Å². The standard InChI is InChI=1S/C17H22N4/c1-5-21(12-17-11-19-20(4)13(17)2)14(3)16-8-6-15(10-18)7-9-16/h6-9,11,14H,5,12H2,1-4H3/t14-/m0/s1. The highest BCUT2D eigenvalue weighted by Gasteiger charge is 2.16. The Balaban J connectivity index is 2.16. The van der Waals surface area contributed by atoms with Gasteiger partial charge >= 0.3 is 0 Å². The minimum atomic E-state index is 0.308. The SMILES string of the molecule is CCN(Cc1cnn(C)c1C)[C@@H](C)c1ccc(C#N)cc1. The van der Waals surface area contributed by atoms with E-state index in [2.05, 4.69) is 36.8 Å². The number of aryl methyl sites for hydroxylation is 1. The third-order valence-corrected chi connectivity index (χ3v) is 4.19. The van der Waals surface area contributed by atoms with Gasteiger partial charge in [0, 0.05) is 30.9 Å². The zero-order valence-corrected chi connectivity index (χ0v) is 13.2. The van der Waals surface area contributed by atoms with Crippen LogP contribution >= 0.6 is 0 Å². The lowest BCUT2D eigenvalue weighted by Crippen LogP contribution is -2.26. The van der Waals surface area contributed by atoms with Crippen LogP contribution in [0.25, 0.3) is 0 Å². The largest absolute Gasteiger partial charge is 0.293 e. The van der Waals surface area contributed by atoms with Crippen molar-refractivity contribution >= 4 is 0 Å². The molecule has 110 valence electrons. The van der Waals surface area contributed by atoms with Crippen molar-refractivity contribution in [2.75, 3.05) is 6.54 Å². The smallest absolute Gasteiger partial charge is 0.0991 e. The van der Waals surface area contributed by atoms with E-state index < -0.39 is 0 Å². The zero-order chi connectivity index (χ0) is 15.4. The third-order valence-electron chi connectivity index (χ3n) is 4.19. The second-order valence-electron chi connectivity index (χ2n) is 5.35. The molecule has 0 amide bonds. The molecule has 1 atom stereocenters. The van der Waals surface area contributed by atoms with E-state index >= 15 is 0 Å². The van der Waals surface area contributed by atoms with Crippen LogP contribution in [0.4, 0.5) is 0 Å². The van der Waals surface area contributed by atoms with Gasteiger partial charge in [-0.05, 0) is 38.1 Å². The molecule has 1 aromatic carbocycles. The fourth-order valence-electron chi connectivity index (χ4n) is 2.49. The number of benzene rings is 1. The number of nitriles is 1. The van der Waals surface area contributed by atoms with E-state index in [1.807, 2.05) is 42.2 Å². The molecule has 0 bridgehead atoms. The Hall–Kier alpha value is -2.12. The molecule has 0 aliphatic heterocycles. The summed E-state index contributed by atoms with van der Waals surface area (Å²) in [5.74, 6) is 0. The summed E-state index contributed by atoms with van der Waals surface area (Å²) in [6.45, 7) is 8.33. The van der Waals surface area contributed by atoms with Gasteiger partial charge in [0.05, 0.1) is 17.8 Å². The molecule has 1 heterocycles. The van der Waals surface area contributed by atoms with Crippen LogP contribution in [0, 0.1) is 18.3 Å². The van der Waals surface area contributed by atoms with Crippen LogP contribution in [0.2, 0.25) is 0 Å². The molecule has 0 aliphatic carbocycles. The van der Waals surface area contributed by atoms with Gasteiger partial charge in [0.25, 0.3) is 0 Å². The Morgan fingerprint density at radius 2 is 2.00 bits per heavy atom. The Bertz CT molecular complexity index is 634. The van der Waals surface area contributed by atoms with Crippen molar-refractivity contribution in [1.29, 1.82) is 5.26 Å². The van der Waals surface area contributed by atoms with Crippen LogP contribution in [-0.4, -0.2) is 21.2 Å². The van der Waals surface area contributed by atoms with Crippen molar-refractivity contribution in [1.82, 2.24) is 14.7 Å². The van der Waals surface area contributed by atoms with E-state index in [1.54, 1.807) is 0 Å². The lowest BCUT2D eigenvalue weighted by molar-refractivity contribution is 0.212. The fraction of sp³-hybridized carbons (Fsp3) is 0.412. The van der Waals surface area contributed by atoms with Crippen LogP contribution in [0.3, 0.4) is 0 Å². The van der Waals surface area contributed by atoms with Crippen LogP contribution in [0.5, 0.6) is 0 Å². The maximum absolute atomic E-state index is 8.88. The molecule has 2 rings (SSSR count). The van der Waals surface area contributed by atoms with Gasteiger partial charge in [0.15, 0.2) is 0 Å². The molecular weight excluding hydrogens is 260 g/mol. The molecule has 0 radical (unpaired) electrons. The molecule has 0 N–H and O–H groups in total. The zero-order valence-electron chi connectivity index (χ0n) is 13.2. The van der Waals surface area contributed by atoms with E-state index in [1.165, 1.54) is 16.8 Å². The summed E-state index contributed by atoms with van der Waals surface area (Å²) < 4.78 is 1.91. The summed E-state index contributed by atoms with van der Waals surface area (Å²) in [6, 6.07) is 10.3. The third kappa shape index (κ3) is 3.32. The average molecular weight is 282 g/mol. The van der Waals surface area contributed by atoms with Crippen LogP contribution < -0.4 is 0 Å². The van der Waals surface area contributed by atoms with Gasteiger partial charge < -0.3 is 0 Å². The monoisotopic (exact) mass is 282 g/mol. The summed E-state index contributed by atoms with van der Waals surface area (Å²) in [6.07, 6.45) is 1.95. The van der Waals surface area contributed by atoms with Crippen molar-refractivity contribution < 1.29 is 0 Å². The molecule has 4 nitrogen and oxygen atoms in total. The predicted molar refractivity (Wildman–Crippen MR) is 83.6 cm³/mol. The van der Waals surface area contributed by atoms with E-state index in [4.69, 9.17) is 5.26 Å². The van der Waals surface area contributed by atoms with Crippen LogP contribution in [-0.2, 0) is 13.6 Å². The van der Waals surface area contributed by atoms with E-state index in [0.717, 1.165) is 13.1 Å². The Morgan fingerprint density at radius 3 is 2.48 bits per heavy atom. The molecule has 0 aliphatic rings. The molecule has 0 unspecified atom stereocenters. The molecule has 4 heteroatoms. The molecule has 0 spiro atoms. The molecular formula is C17H22N4. The van der Waals surface area contributed by atoms with Crippen molar-refractivity contribution in [3.8, 4) is 6.07 Å². The molecule has 0 saturated heterocycles. The van der Waals surface area contributed by atoms with E-state index in [-0.39, 0.29) is 0 Å². The molecule has 21 heavy (non-hydrogen) atoms. The summed E-state index contributed by atoms with van der Waals surface area (Å²) in [5, 5.41) is 13.2. The van der Waals surface area contributed by atoms with Gasteiger partial charge in [0.1, 0.15) is 0 Å². The Kier molecular flexibility index (Phi) is 4.77. The van der Waals surface area contributed by atoms with Gasteiger partial charge in [0.2, 0.25) is 0 Å². The van der Waals surface area contributed by atoms with Crippen LogP contribution in [0.1, 0.15) is 42.3 Å². The molecule has 2 aromatic rings. The van der Waals surface area contributed by atoms with Gasteiger partial charge in [-0.1, -0.05) is 19.1 Å². The number of hydrogen-bond acceptors (Lipinski definition) is 3. The van der Waals surface area contributed by atoms with Crippen molar-refractivity contribution in [3.05, 3.63) is 52.8 Å². The number of hydrogen-bond donors (Lipinski definition) is 0. The Labute approximate surface area is 126 Å². The lowest BCUT2D eigenvalue weighted by Gasteiger charge is -2.28. The van der Waals surface area contributed by atoms with Crippen LogP contribution in [0.15, 0.2) is 30.5 Å². The minimum absolute atomic E-state index is 0.308. The Morgan fingerprint density at radius 1 is 1.33 bits per heavy atom. The maximum atomic E-state index is 8.88. The summed E-state index contributed by atoms with van der Waals surface area (Å²) in [7, 11) is 1.97. The predicted octanol–water partition coefficient (Wildman–Crippen LogP) is 3.18. The normalized spacial score (nSPS) is 12.4. The van der Waals surface area contributed by atoms with E-state index in [0.29, 0.717) is 11.6 Å². The highest BCUT2D eigenvalue weighted by molar-refractivity contribution is 5.32. The lowest BCUT2D eigenvalue weighted by atomic mass is 10.0. The first-order valence-corrected chi connectivity index (χ1v) is 7.28. The first kappa shape index (κ1) is 15.3. The summed E-state index contributed by atoms with van der Waals surface area (Å²) >= 11 is 0. The quantitative estimate of drug-likeness (QED) is 0.846. The summed E-state index contributed by atoms with van der Waals surface area (Å²) in [4.78, 5) is 2.41. The average Bonchev–Trinajstić information content (AvgIpc) is 2.83. The second-order valence-corrected chi connectivity index (χ2v) is 5.35. The van der Waals surface area contributed by atoms with Gasteiger partial charge in [-0.25, -0.2) is 0 Å². The maximum Gasteiger partial charge on any atom is 0.0991 e. The highest BCUT2D eigenvalue weighted by Crippen LogP contribution is 2.23. The van der Waals surface area contributed by atoms with Crippen molar-refractivity contribution in [3.63, 3.8) is 0 Å². The number of nitrogens with zero attached hydrogens (tertiary/aromatic N) is 4. The first-order chi connectivity index (χ1) is 10.1. The first-order valence-electron chi connectivity index (χ1n) is 7.28. The number of aromatic nitrogens is 2. The fourth-order valence-corrected chi connectivity index (χ4v) is 2.49. The topological polar surface area (TPSA) is 44.9 Å². The van der Waals surface area contributed by atoms with Crippen molar-refractivity contribution in [2.24, 2.45) is 7.05 Å². The van der Waals surface area contributed by atoms with Gasteiger partial charge in [-0.15, -0.1) is 0 Å². The minimum Gasteiger partial charge on any atom is -0.293 e. The summed E-state index contributed by atoms with van der Waals surface area (Å²) in [5.41, 5.74) is 4.41. The second kappa shape index (κ2) is 6.55. The molecule has 0 fully saturated rings. The molecule has 1 aromatic heterocycles. The van der Waals surface area contributed by atoms with Crippen molar-refractivity contribution in [2.45, 2.75) is 33.4 Å². The number of rotatable bonds is 5. The molecule has 0 saturated carbocycles.